The molecule has 8 nitrogen and oxygen atoms in total. The van der Waals surface area contributed by atoms with Crippen LogP contribution in [0.2, 0.25) is 0 Å². The van der Waals surface area contributed by atoms with Gasteiger partial charge in [-0.25, -0.2) is 4.57 Å². The van der Waals surface area contributed by atoms with E-state index in [1.54, 1.807) is 0 Å². The molecule has 0 aromatic heterocycles. The molecule has 0 spiro atoms. The van der Waals surface area contributed by atoms with Crippen molar-refractivity contribution in [1.29, 1.82) is 0 Å². The normalized spacial score (nSPS) is 12.9. The van der Waals surface area contributed by atoms with Crippen molar-refractivity contribution < 1.29 is 37.9 Å². The number of esters is 2. The van der Waals surface area contributed by atoms with Crippen LogP contribution in [-0.2, 0) is 28.2 Å². The van der Waals surface area contributed by atoms with Crippen LogP contribution in [0.5, 0.6) is 0 Å². The quantitative estimate of drug-likeness (QED) is 0.0271. The Balaban J connectivity index is 3.88. The van der Waals surface area contributed by atoms with Gasteiger partial charge < -0.3 is 19.3 Å². The predicted octanol–water partition coefficient (Wildman–Crippen LogP) is 14.3. The molecule has 2 N–H and O–H groups in total. The fraction of sp³-hybridized carbons (Fsp3) is 0.787. The molecule has 0 fully saturated rings. The van der Waals surface area contributed by atoms with Gasteiger partial charge >= 0.3 is 19.8 Å². The van der Waals surface area contributed by atoms with Gasteiger partial charge in [-0.05, 0) is 51.4 Å². The molecule has 0 aromatic rings. The van der Waals surface area contributed by atoms with Crippen molar-refractivity contribution in [3.8, 4) is 0 Å². The van der Waals surface area contributed by atoms with E-state index in [1.807, 2.05) is 0 Å². The number of allylic oxidation sites excluding steroid dienone is 8. The third-order valence-corrected chi connectivity index (χ3v) is 10.3. The predicted molar refractivity (Wildman–Crippen MR) is 234 cm³/mol. The largest absolute Gasteiger partial charge is 0.469 e. The molecule has 0 aliphatic carbocycles. The van der Waals surface area contributed by atoms with Crippen molar-refractivity contribution in [2.24, 2.45) is 0 Å². The standard InChI is InChI=1S/C47H85O8P/c1-3-5-7-9-11-13-15-17-19-21-23-25-27-29-31-33-35-37-39-41-46(48)53-43-45(44-54-56(50,51)52)55-47(49)42-40-38-36-34-32-30-28-26-24-22-20-18-16-14-12-10-8-6-4-2/h6,8,12,14,18,20,24,26,45H,3-5,7,9-11,13,15-17,19,21-23,25,27-44H2,1-2H3,(H2,50,51,52)/b8-6-,14-12-,20-18-,26-24-. The van der Waals surface area contributed by atoms with Crippen molar-refractivity contribution in [2.75, 3.05) is 13.2 Å². The number of ether oxygens (including phenoxy) is 2. The van der Waals surface area contributed by atoms with Gasteiger partial charge in [-0.15, -0.1) is 0 Å². The van der Waals surface area contributed by atoms with Gasteiger partial charge in [0.25, 0.3) is 0 Å². The maximum absolute atomic E-state index is 12.4. The molecule has 0 saturated heterocycles. The second-order valence-corrected chi connectivity index (χ2v) is 16.6. The molecule has 0 radical (unpaired) electrons. The third-order valence-electron chi connectivity index (χ3n) is 9.86. The summed E-state index contributed by atoms with van der Waals surface area (Å²) in [5.41, 5.74) is 0. The van der Waals surface area contributed by atoms with E-state index in [2.05, 4.69) is 67.0 Å². The first-order valence-electron chi connectivity index (χ1n) is 22.9. The summed E-state index contributed by atoms with van der Waals surface area (Å²) in [5.74, 6) is -0.894. The molecule has 56 heavy (non-hydrogen) atoms. The van der Waals surface area contributed by atoms with E-state index in [-0.39, 0.29) is 19.4 Å². The smallest absolute Gasteiger partial charge is 0.462 e. The first kappa shape index (κ1) is 54.0. The van der Waals surface area contributed by atoms with Crippen LogP contribution in [0.15, 0.2) is 48.6 Å². The van der Waals surface area contributed by atoms with Crippen LogP contribution >= 0.6 is 7.82 Å². The molecule has 0 amide bonds. The zero-order valence-electron chi connectivity index (χ0n) is 36.0. The van der Waals surface area contributed by atoms with Crippen LogP contribution in [0.3, 0.4) is 0 Å². The highest BCUT2D eigenvalue weighted by molar-refractivity contribution is 7.46. The van der Waals surface area contributed by atoms with Crippen molar-refractivity contribution in [1.82, 2.24) is 0 Å². The van der Waals surface area contributed by atoms with Gasteiger partial charge in [-0.1, -0.05) is 204 Å². The summed E-state index contributed by atoms with van der Waals surface area (Å²) in [6, 6.07) is 0. The van der Waals surface area contributed by atoms with Crippen molar-refractivity contribution in [3.05, 3.63) is 48.6 Å². The Hall–Kier alpha value is -1.99. The fourth-order valence-electron chi connectivity index (χ4n) is 6.48. The van der Waals surface area contributed by atoms with E-state index in [0.29, 0.717) is 6.42 Å². The number of hydrogen-bond acceptors (Lipinski definition) is 6. The van der Waals surface area contributed by atoms with E-state index in [0.717, 1.165) is 83.5 Å². The van der Waals surface area contributed by atoms with Crippen molar-refractivity contribution in [2.45, 2.75) is 225 Å². The lowest BCUT2D eigenvalue weighted by molar-refractivity contribution is -0.161. The summed E-state index contributed by atoms with van der Waals surface area (Å²) < 4.78 is 26.5. The molecule has 0 rings (SSSR count). The minimum absolute atomic E-state index is 0.196. The van der Waals surface area contributed by atoms with Crippen molar-refractivity contribution in [3.63, 3.8) is 0 Å². The highest BCUT2D eigenvalue weighted by atomic mass is 31.2. The molecule has 0 aliphatic rings. The van der Waals surface area contributed by atoms with Crippen LogP contribution in [0.1, 0.15) is 219 Å². The van der Waals surface area contributed by atoms with E-state index in [1.165, 1.54) is 103 Å². The Labute approximate surface area is 344 Å². The lowest BCUT2D eigenvalue weighted by Gasteiger charge is -2.18. The second kappa shape index (κ2) is 42.6. The Kier molecular flexibility index (Phi) is 41.1. The van der Waals surface area contributed by atoms with Gasteiger partial charge in [0.05, 0.1) is 6.61 Å². The summed E-state index contributed by atoms with van der Waals surface area (Å²) >= 11 is 0. The minimum atomic E-state index is -4.76. The monoisotopic (exact) mass is 809 g/mol. The number of carbonyl (C=O) groups excluding carboxylic acids is 2. The fourth-order valence-corrected chi connectivity index (χ4v) is 6.84. The van der Waals surface area contributed by atoms with E-state index >= 15 is 0 Å². The average molecular weight is 809 g/mol. The highest BCUT2D eigenvalue weighted by Crippen LogP contribution is 2.36. The Bertz CT molecular complexity index is 1050. The second-order valence-electron chi connectivity index (χ2n) is 15.4. The molecule has 9 heteroatoms. The lowest BCUT2D eigenvalue weighted by atomic mass is 10.0. The number of hydrogen-bond donors (Lipinski definition) is 2. The highest BCUT2D eigenvalue weighted by Gasteiger charge is 2.22. The molecule has 326 valence electrons. The summed E-state index contributed by atoms with van der Waals surface area (Å²) in [4.78, 5) is 43.0. The molecule has 0 aromatic carbocycles. The number of phosphoric acid groups is 1. The topological polar surface area (TPSA) is 119 Å². The summed E-state index contributed by atoms with van der Waals surface area (Å²) in [5, 5.41) is 0. The van der Waals surface area contributed by atoms with E-state index in [9.17, 15) is 14.2 Å². The van der Waals surface area contributed by atoms with Crippen LogP contribution in [0, 0.1) is 0 Å². The van der Waals surface area contributed by atoms with E-state index in [4.69, 9.17) is 19.3 Å². The first-order chi connectivity index (χ1) is 27.3. The van der Waals surface area contributed by atoms with Crippen molar-refractivity contribution >= 4 is 19.8 Å². The summed E-state index contributed by atoms with van der Waals surface area (Å²) in [6.45, 7) is 3.59. The van der Waals surface area contributed by atoms with Crippen LogP contribution in [0.25, 0.3) is 0 Å². The Morgan fingerprint density at radius 3 is 1.29 bits per heavy atom. The molecular weight excluding hydrogens is 723 g/mol. The maximum atomic E-state index is 12.4. The molecular formula is C47H85O8P. The maximum Gasteiger partial charge on any atom is 0.469 e. The Morgan fingerprint density at radius 1 is 0.482 bits per heavy atom. The molecule has 0 aliphatic heterocycles. The van der Waals surface area contributed by atoms with E-state index < -0.39 is 32.5 Å². The van der Waals surface area contributed by atoms with Gasteiger partial charge in [0, 0.05) is 12.8 Å². The molecule has 0 saturated carbocycles. The molecule has 0 heterocycles. The lowest BCUT2D eigenvalue weighted by Crippen LogP contribution is -2.29. The van der Waals surface area contributed by atoms with Gasteiger partial charge in [0.15, 0.2) is 6.10 Å². The van der Waals surface area contributed by atoms with Crippen LogP contribution in [0.4, 0.5) is 0 Å². The average Bonchev–Trinajstić information content (AvgIpc) is 3.17. The zero-order chi connectivity index (χ0) is 41.1. The first-order valence-corrected chi connectivity index (χ1v) is 24.5. The summed E-state index contributed by atoms with van der Waals surface area (Å²) in [7, 11) is -4.76. The minimum Gasteiger partial charge on any atom is -0.462 e. The molecule has 1 atom stereocenters. The van der Waals surface area contributed by atoms with Crippen LogP contribution < -0.4 is 0 Å². The molecule has 1 unspecified atom stereocenters. The number of phosphoric ester groups is 1. The summed E-state index contributed by atoms with van der Waals surface area (Å²) in [6.07, 6.45) is 52.6. The number of unbranched alkanes of at least 4 members (excludes halogenated alkanes) is 24. The molecule has 0 bridgehead atoms. The van der Waals surface area contributed by atoms with Gasteiger partial charge in [0.1, 0.15) is 6.61 Å². The van der Waals surface area contributed by atoms with Gasteiger partial charge in [0.2, 0.25) is 0 Å². The Morgan fingerprint density at radius 2 is 0.857 bits per heavy atom. The van der Waals surface area contributed by atoms with Crippen LogP contribution in [-0.4, -0.2) is 41.0 Å². The van der Waals surface area contributed by atoms with Gasteiger partial charge in [-0.3, -0.25) is 14.1 Å². The van der Waals surface area contributed by atoms with Gasteiger partial charge in [-0.2, -0.15) is 0 Å². The number of rotatable bonds is 42. The SMILES string of the molecule is CC/C=C\C/C=C\C/C=C\C/C=C\CCCCCCCCC(=O)OC(COC(=O)CCCCCCCCCCCCCCCCCCCCC)COP(=O)(O)O. The third kappa shape index (κ3) is 44.7. The zero-order valence-corrected chi connectivity index (χ0v) is 36.9. The number of carbonyl (C=O) groups is 2.